The van der Waals surface area contributed by atoms with E-state index in [0.29, 0.717) is 10.9 Å². The van der Waals surface area contributed by atoms with E-state index in [-0.39, 0.29) is 5.91 Å². The van der Waals surface area contributed by atoms with Gasteiger partial charge in [-0.25, -0.2) is 9.67 Å². The van der Waals surface area contributed by atoms with Gasteiger partial charge in [-0.3, -0.25) is 4.79 Å². The third-order valence-electron chi connectivity index (χ3n) is 3.27. The summed E-state index contributed by atoms with van der Waals surface area (Å²) in [6.45, 7) is 5.53. The maximum atomic E-state index is 12.2. The van der Waals surface area contributed by atoms with Gasteiger partial charge >= 0.3 is 0 Å². The van der Waals surface area contributed by atoms with E-state index < -0.39 is 0 Å². The van der Waals surface area contributed by atoms with Gasteiger partial charge in [0, 0.05) is 35.6 Å². The Morgan fingerprint density at radius 2 is 2.00 bits per heavy atom. The highest BCUT2D eigenvalue weighted by Gasteiger charge is 2.08. The number of nitrogens with zero attached hydrogens (tertiary/aromatic N) is 4. The lowest BCUT2D eigenvalue weighted by Crippen LogP contribution is -2.23. The lowest BCUT2D eigenvalue weighted by atomic mass is 10.2. The van der Waals surface area contributed by atoms with Crippen LogP contribution in [0.2, 0.25) is 0 Å². The largest absolute Gasteiger partial charge is 0.312 e. The van der Waals surface area contributed by atoms with Crippen molar-refractivity contribution in [2.24, 2.45) is 0 Å². The zero-order valence-electron chi connectivity index (χ0n) is 14.1. The second-order valence-corrected chi connectivity index (χ2v) is 5.63. The monoisotopic (exact) mass is 354 g/mol. The van der Waals surface area contributed by atoms with E-state index in [1.165, 1.54) is 17.1 Å². The molecular formula is C19H19ClN4O. The first-order valence-corrected chi connectivity index (χ1v) is 8.00. The normalized spacial score (nSPS) is 12.0. The molecule has 0 aliphatic carbocycles. The Morgan fingerprint density at radius 1 is 1.28 bits per heavy atom. The molecule has 1 aromatic heterocycles. The van der Waals surface area contributed by atoms with Crippen molar-refractivity contribution in [2.75, 3.05) is 11.9 Å². The molecule has 1 heterocycles. The molecule has 0 aliphatic heterocycles. The summed E-state index contributed by atoms with van der Waals surface area (Å²) in [4.78, 5) is 18.0. The van der Waals surface area contributed by atoms with Crippen LogP contribution in [0.5, 0.6) is 0 Å². The van der Waals surface area contributed by atoms with Gasteiger partial charge < -0.3 is 4.90 Å². The minimum atomic E-state index is -0.165. The Balaban J connectivity index is 2.13. The lowest BCUT2D eigenvalue weighted by Gasteiger charge is -2.14. The number of aromatic nitrogens is 3. The van der Waals surface area contributed by atoms with Crippen molar-refractivity contribution in [2.45, 2.75) is 6.92 Å². The third-order valence-corrected chi connectivity index (χ3v) is 3.38. The molecule has 1 aromatic carbocycles. The van der Waals surface area contributed by atoms with Crippen LogP contribution >= 0.6 is 11.6 Å². The number of hydrogen-bond acceptors (Lipinski definition) is 3. The second-order valence-electron chi connectivity index (χ2n) is 5.14. The van der Waals surface area contributed by atoms with E-state index in [0.717, 1.165) is 11.3 Å². The van der Waals surface area contributed by atoms with E-state index in [1.807, 2.05) is 49.4 Å². The third kappa shape index (κ3) is 5.29. The van der Waals surface area contributed by atoms with Gasteiger partial charge in [-0.15, -0.1) is 5.10 Å². The molecule has 0 radical (unpaired) electrons. The molecule has 0 aliphatic rings. The maximum absolute atomic E-state index is 12.2. The molecule has 128 valence electrons. The topological polar surface area (TPSA) is 51.0 Å². The summed E-state index contributed by atoms with van der Waals surface area (Å²) < 4.78 is 1.47. The number of allylic oxidation sites excluding steroid dienone is 5. The van der Waals surface area contributed by atoms with Crippen LogP contribution in [0.4, 0.5) is 5.69 Å². The quantitative estimate of drug-likeness (QED) is 0.579. The summed E-state index contributed by atoms with van der Waals surface area (Å²) in [6, 6.07) is 9.40. The van der Waals surface area contributed by atoms with Gasteiger partial charge in [0.25, 0.3) is 5.91 Å². The van der Waals surface area contributed by atoms with Gasteiger partial charge in [0.05, 0.1) is 0 Å². The highest BCUT2D eigenvalue weighted by Crippen LogP contribution is 2.15. The van der Waals surface area contributed by atoms with Gasteiger partial charge in [0.1, 0.15) is 6.33 Å². The summed E-state index contributed by atoms with van der Waals surface area (Å²) in [7, 11) is 1.72. The standard InChI is InChI=1S/C19H19ClN4O/c1-4-8-16(13-15(2)20)19-21-14-24(22-19)12-11-18(25)23(3)17-9-6-5-7-10-17/h4-14H,2H2,1,3H3. The number of rotatable bonds is 6. The molecule has 0 spiro atoms. The first kappa shape index (κ1) is 18.4. The second kappa shape index (κ2) is 8.80. The molecule has 2 rings (SSSR count). The predicted octanol–water partition coefficient (Wildman–Crippen LogP) is 4.12. The summed E-state index contributed by atoms with van der Waals surface area (Å²) in [5, 5.41) is 4.70. The number of hydrogen-bond donors (Lipinski definition) is 0. The van der Waals surface area contributed by atoms with Gasteiger partial charge in [-0.05, 0) is 25.1 Å². The molecule has 0 saturated carbocycles. The van der Waals surface area contributed by atoms with E-state index in [1.54, 1.807) is 24.2 Å². The molecule has 0 bridgehead atoms. The Hall–Kier alpha value is -2.92. The van der Waals surface area contributed by atoms with Crippen LogP contribution in [-0.4, -0.2) is 27.7 Å². The van der Waals surface area contributed by atoms with Gasteiger partial charge in [0.15, 0.2) is 5.82 Å². The molecular weight excluding hydrogens is 336 g/mol. The Bertz CT molecular complexity index is 834. The SMILES string of the molecule is C=C(Cl)C=C(C=CC)c1ncn(C=CC(=O)N(C)c2ccccc2)n1. The van der Waals surface area contributed by atoms with Crippen LogP contribution in [0.3, 0.4) is 0 Å². The van der Waals surface area contributed by atoms with Crippen LogP contribution in [0.1, 0.15) is 12.7 Å². The minimum absolute atomic E-state index is 0.165. The molecule has 25 heavy (non-hydrogen) atoms. The number of anilines is 1. The van der Waals surface area contributed by atoms with Crippen molar-refractivity contribution in [1.82, 2.24) is 14.8 Å². The summed E-state index contributed by atoms with van der Waals surface area (Å²) in [5.74, 6) is 0.329. The van der Waals surface area contributed by atoms with Gasteiger partial charge in [0.2, 0.25) is 0 Å². The highest BCUT2D eigenvalue weighted by atomic mass is 35.5. The van der Waals surface area contributed by atoms with E-state index in [9.17, 15) is 4.79 Å². The van der Waals surface area contributed by atoms with E-state index in [4.69, 9.17) is 11.6 Å². The average Bonchev–Trinajstić information content (AvgIpc) is 3.08. The molecule has 2 aromatic rings. The summed E-state index contributed by atoms with van der Waals surface area (Å²) in [6.07, 6.45) is 9.90. The number of amides is 1. The van der Waals surface area contributed by atoms with Crippen LogP contribution < -0.4 is 4.90 Å². The molecule has 0 fully saturated rings. The summed E-state index contributed by atoms with van der Waals surface area (Å²) >= 11 is 5.83. The fourth-order valence-corrected chi connectivity index (χ4v) is 2.16. The Labute approximate surface area is 152 Å². The molecule has 0 atom stereocenters. The van der Waals surface area contributed by atoms with Crippen LogP contribution in [0, 0.1) is 0 Å². The van der Waals surface area contributed by atoms with E-state index in [2.05, 4.69) is 16.7 Å². The number of likely N-dealkylation sites (N-methyl/N-ethyl adjacent to an activating group) is 1. The first-order valence-electron chi connectivity index (χ1n) is 7.62. The molecule has 0 unspecified atom stereocenters. The Kier molecular flexibility index (Phi) is 6.48. The maximum Gasteiger partial charge on any atom is 0.252 e. The number of halogens is 1. The van der Waals surface area contributed by atoms with Crippen LogP contribution in [0.15, 0.2) is 72.6 Å². The van der Waals surface area contributed by atoms with Crippen molar-refractivity contribution >= 4 is 35.0 Å². The van der Waals surface area contributed by atoms with Crippen molar-refractivity contribution in [1.29, 1.82) is 0 Å². The number of carbonyl (C=O) groups excluding carboxylic acids is 1. The molecule has 6 heteroatoms. The smallest absolute Gasteiger partial charge is 0.252 e. The zero-order chi connectivity index (χ0) is 18.2. The van der Waals surface area contributed by atoms with Gasteiger partial charge in [-0.1, -0.05) is 48.5 Å². The lowest BCUT2D eigenvalue weighted by molar-refractivity contribution is -0.113. The number of carbonyl (C=O) groups is 1. The molecule has 1 amide bonds. The Morgan fingerprint density at radius 3 is 2.64 bits per heavy atom. The summed E-state index contributed by atoms with van der Waals surface area (Å²) in [5.41, 5.74) is 1.55. The fraction of sp³-hybridized carbons (Fsp3) is 0.105. The highest BCUT2D eigenvalue weighted by molar-refractivity contribution is 6.31. The molecule has 5 nitrogen and oxygen atoms in total. The number of para-hydroxylation sites is 1. The van der Waals surface area contributed by atoms with Crippen molar-refractivity contribution in [3.63, 3.8) is 0 Å². The predicted molar refractivity (Wildman–Crippen MR) is 103 cm³/mol. The van der Waals surface area contributed by atoms with Crippen molar-refractivity contribution in [3.05, 3.63) is 78.4 Å². The van der Waals surface area contributed by atoms with Crippen LogP contribution in [0.25, 0.3) is 11.8 Å². The minimum Gasteiger partial charge on any atom is -0.312 e. The first-order chi connectivity index (χ1) is 12.0. The van der Waals surface area contributed by atoms with Gasteiger partial charge in [-0.2, -0.15) is 0 Å². The molecule has 0 N–H and O–H groups in total. The van der Waals surface area contributed by atoms with Crippen LogP contribution in [-0.2, 0) is 4.79 Å². The average molecular weight is 355 g/mol. The molecule has 0 saturated heterocycles. The van der Waals surface area contributed by atoms with E-state index >= 15 is 0 Å². The number of benzene rings is 1. The van der Waals surface area contributed by atoms with Crippen molar-refractivity contribution in [3.8, 4) is 0 Å². The fourth-order valence-electron chi connectivity index (χ4n) is 2.05. The zero-order valence-corrected chi connectivity index (χ0v) is 14.9. The van der Waals surface area contributed by atoms with Crippen molar-refractivity contribution < 1.29 is 4.79 Å².